The molecular formula is C35H35BN2O2Pt+2. The van der Waals surface area contributed by atoms with Gasteiger partial charge in [0.05, 0.1) is 5.69 Å². The summed E-state index contributed by atoms with van der Waals surface area (Å²) in [4.78, 5) is 18.5. The van der Waals surface area contributed by atoms with E-state index in [4.69, 9.17) is 5.11 Å². The van der Waals surface area contributed by atoms with E-state index in [-0.39, 0.29) is 33.5 Å². The molecule has 0 amide bonds. The van der Waals surface area contributed by atoms with Crippen molar-refractivity contribution in [3.8, 4) is 11.3 Å². The molecule has 0 aliphatic rings. The summed E-state index contributed by atoms with van der Waals surface area (Å²) in [6.07, 6.45) is 3.35. The Morgan fingerprint density at radius 1 is 0.634 bits per heavy atom. The van der Waals surface area contributed by atoms with Crippen LogP contribution in [0.15, 0.2) is 97.3 Å². The summed E-state index contributed by atoms with van der Waals surface area (Å²) in [6.45, 7) is 13.2. The third-order valence-corrected chi connectivity index (χ3v) is 7.17. The molecule has 0 atom stereocenters. The van der Waals surface area contributed by atoms with Crippen molar-refractivity contribution in [3.05, 3.63) is 136 Å². The van der Waals surface area contributed by atoms with E-state index in [1.165, 1.54) is 56.5 Å². The van der Waals surface area contributed by atoms with Crippen molar-refractivity contribution in [1.29, 1.82) is 0 Å². The van der Waals surface area contributed by atoms with Crippen molar-refractivity contribution >= 4 is 29.1 Å². The number of aromatic nitrogens is 2. The maximum Gasteiger partial charge on any atom is 2.00 e. The molecule has 0 radical (unpaired) electrons. The Hall–Kier alpha value is -3.82. The first kappa shape index (κ1) is 31.7. The van der Waals surface area contributed by atoms with Crippen molar-refractivity contribution < 1.29 is 31.0 Å². The molecule has 2 heterocycles. The fourth-order valence-electron chi connectivity index (χ4n) is 5.47. The van der Waals surface area contributed by atoms with Crippen LogP contribution in [0.5, 0.6) is 0 Å². The number of hydrogen-bond acceptors (Lipinski definition) is 3. The number of carboxylic acid groups (broad SMARTS) is 1. The molecule has 0 spiro atoms. The van der Waals surface area contributed by atoms with Crippen LogP contribution < -0.4 is 16.4 Å². The molecule has 0 unspecified atom stereocenters. The Bertz CT molecular complexity index is 1610. The summed E-state index contributed by atoms with van der Waals surface area (Å²) >= 11 is 0. The third kappa shape index (κ3) is 7.68. The molecule has 0 aliphatic carbocycles. The minimum absolute atomic E-state index is 0. The first-order valence-corrected chi connectivity index (χ1v) is 13.5. The molecule has 5 aromatic rings. The van der Waals surface area contributed by atoms with E-state index < -0.39 is 5.97 Å². The van der Waals surface area contributed by atoms with Gasteiger partial charge >= 0.3 is 27.0 Å². The molecule has 2 aromatic heterocycles. The molecule has 6 heteroatoms. The summed E-state index contributed by atoms with van der Waals surface area (Å²) in [6, 6.07) is 29.5. The monoisotopic (exact) mass is 721 g/mol. The molecule has 0 fully saturated rings. The summed E-state index contributed by atoms with van der Waals surface area (Å²) in [7, 11) is 0. The van der Waals surface area contributed by atoms with Crippen LogP contribution >= 0.6 is 0 Å². The number of aryl methyl sites for hydroxylation is 6. The van der Waals surface area contributed by atoms with Crippen molar-refractivity contribution in [2.45, 2.75) is 41.5 Å². The Morgan fingerprint density at radius 2 is 1.27 bits per heavy atom. The van der Waals surface area contributed by atoms with Gasteiger partial charge in [-0.15, -0.1) is 0 Å². The number of aromatic carboxylic acids is 1. The smallest absolute Gasteiger partial charge is 0.477 e. The van der Waals surface area contributed by atoms with Gasteiger partial charge in [0.2, 0.25) is 6.71 Å². The molecular weight excluding hydrogens is 686 g/mol. The van der Waals surface area contributed by atoms with E-state index in [1.54, 1.807) is 6.07 Å². The van der Waals surface area contributed by atoms with Gasteiger partial charge in [-0.2, -0.15) is 0 Å². The molecule has 4 nitrogen and oxygen atoms in total. The second kappa shape index (κ2) is 14.2. The van der Waals surface area contributed by atoms with Gasteiger partial charge in [0.1, 0.15) is 5.69 Å². The molecule has 5 rings (SSSR count). The van der Waals surface area contributed by atoms with Crippen molar-refractivity contribution in [1.82, 2.24) is 9.97 Å². The van der Waals surface area contributed by atoms with Crippen LogP contribution in [0.4, 0.5) is 0 Å². The zero-order valence-electron chi connectivity index (χ0n) is 24.4. The molecule has 208 valence electrons. The molecule has 0 aliphatic heterocycles. The maximum absolute atomic E-state index is 10.3. The van der Waals surface area contributed by atoms with E-state index in [9.17, 15) is 4.79 Å². The first-order chi connectivity index (χ1) is 19.2. The van der Waals surface area contributed by atoms with Gasteiger partial charge in [-0.05, 0) is 76.9 Å². The molecule has 41 heavy (non-hydrogen) atoms. The third-order valence-electron chi connectivity index (χ3n) is 7.17. The second-order valence-electron chi connectivity index (χ2n) is 10.4. The van der Waals surface area contributed by atoms with Crippen LogP contribution in [-0.2, 0) is 21.1 Å². The van der Waals surface area contributed by atoms with Gasteiger partial charge in [0, 0.05) is 12.4 Å². The van der Waals surface area contributed by atoms with Crippen molar-refractivity contribution in [2.75, 3.05) is 0 Å². The van der Waals surface area contributed by atoms with Gasteiger partial charge in [-0.3, -0.25) is 4.98 Å². The number of hydrogen-bond donors (Lipinski definition) is 1. The predicted molar refractivity (Wildman–Crippen MR) is 167 cm³/mol. The summed E-state index contributed by atoms with van der Waals surface area (Å²) < 4.78 is 0. The number of pyridine rings is 2. The zero-order chi connectivity index (χ0) is 28.8. The topological polar surface area (TPSA) is 63.1 Å². The number of nitrogens with zero attached hydrogens (tertiary/aromatic N) is 2. The number of benzene rings is 3. The molecule has 1 N–H and O–H groups in total. The minimum Gasteiger partial charge on any atom is -0.477 e. The Labute approximate surface area is 258 Å². The molecule has 3 aromatic carbocycles. The van der Waals surface area contributed by atoms with E-state index >= 15 is 0 Å². The van der Waals surface area contributed by atoms with Gasteiger partial charge in [-0.25, -0.2) is 9.78 Å². The van der Waals surface area contributed by atoms with Crippen LogP contribution in [0.1, 0.15) is 43.9 Å². The van der Waals surface area contributed by atoms with Crippen LogP contribution in [-0.4, -0.2) is 27.8 Å². The van der Waals surface area contributed by atoms with Crippen molar-refractivity contribution in [3.63, 3.8) is 0 Å². The average molecular weight is 722 g/mol. The number of carboxylic acids is 1. The number of rotatable bonds is 5. The Morgan fingerprint density at radius 3 is 1.83 bits per heavy atom. The van der Waals surface area contributed by atoms with Gasteiger partial charge in [-0.1, -0.05) is 105 Å². The standard InChI is InChI=1S/C28H28BN.C7H7NO2.Pt/c1-19-16-22(4)28(23(5)17-19)29(27-20(2)10-8-11-21(27)3)25-13-9-12-24(18-25)26-14-6-7-15-30-26;1-5-2-3-8-6(4-5)7(9)10;/h6-18H,1-5H3;2-4H,1H3,(H,9,10);/q;;+2. The van der Waals surface area contributed by atoms with Gasteiger partial charge in [0.25, 0.3) is 0 Å². The molecule has 0 saturated carbocycles. The van der Waals surface area contributed by atoms with Crippen LogP contribution in [0.25, 0.3) is 11.3 Å². The largest absolute Gasteiger partial charge is 2.00 e. The summed E-state index contributed by atoms with van der Waals surface area (Å²) in [5.41, 5.74) is 14.0. The van der Waals surface area contributed by atoms with E-state index in [2.05, 4.69) is 105 Å². The number of carbonyl (C=O) groups is 1. The van der Waals surface area contributed by atoms with Gasteiger partial charge < -0.3 is 5.11 Å². The second-order valence-corrected chi connectivity index (χ2v) is 10.4. The molecule has 0 bridgehead atoms. The predicted octanol–water partition coefficient (Wildman–Crippen LogP) is 5.89. The average Bonchev–Trinajstić information content (AvgIpc) is 2.92. The maximum atomic E-state index is 10.3. The summed E-state index contributed by atoms with van der Waals surface area (Å²) in [5.74, 6) is -0.983. The van der Waals surface area contributed by atoms with E-state index in [0.717, 1.165) is 16.8 Å². The Balaban J connectivity index is 0.000000357. The van der Waals surface area contributed by atoms with Gasteiger partial charge in [0.15, 0.2) is 0 Å². The normalized spacial score (nSPS) is 10.2. The fraction of sp³-hybridized carbons (Fsp3) is 0.171. The fourth-order valence-corrected chi connectivity index (χ4v) is 5.47. The summed E-state index contributed by atoms with van der Waals surface area (Å²) in [5, 5.41) is 8.45. The van der Waals surface area contributed by atoms with Crippen LogP contribution in [0, 0.1) is 41.5 Å². The first-order valence-electron chi connectivity index (χ1n) is 13.5. The quantitative estimate of drug-likeness (QED) is 0.230. The van der Waals surface area contributed by atoms with Crippen LogP contribution in [0.2, 0.25) is 0 Å². The minimum atomic E-state index is -0.983. The van der Waals surface area contributed by atoms with Crippen molar-refractivity contribution in [2.24, 2.45) is 0 Å². The molecule has 0 saturated heterocycles. The van der Waals surface area contributed by atoms with E-state index in [0.29, 0.717) is 0 Å². The zero-order valence-corrected chi connectivity index (χ0v) is 26.7. The SMILES string of the molecule is Cc1cc(C)c(B(c2cccc(-c3ccccn3)c2)c2c(C)cccc2C)c(C)c1.Cc1ccnc(C(=O)O)c1.[Pt+2]. The van der Waals surface area contributed by atoms with Crippen LogP contribution in [0.3, 0.4) is 0 Å². The Kier molecular flexibility index (Phi) is 11.0. The van der Waals surface area contributed by atoms with E-state index in [1.807, 2.05) is 25.3 Å².